The number of methoxy groups -OCH3 is 1. The molecule has 0 radical (unpaired) electrons. The summed E-state index contributed by atoms with van der Waals surface area (Å²) < 4.78 is 5.19. The van der Waals surface area contributed by atoms with Crippen LogP contribution in [-0.4, -0.2) is 42.3 Å². The third-order valence-corrected chi connectivity index (χ3v) is 4.15. The molecule has 17 heavy (non-hydrogen) atoms. The van der Waals surface area contributed by atoms with Crippen LogP contribution in [0.15, 0.2) is 0 Å². The smallest absolute Gasteiger partial charge is 0.244 e. The monoisotopic (exact) mass is 240 g/mol. The fraction of sp³-hybridized carbons (Fsp3) is 0.923. The number of ether oxygens (including phenoxy) is 1. The van der Waals surface area contributed by atoms with Crippen molar-refractivity contribution in [3.05, 3.63) is 0 Å². The van der Waals surface area contributed by atoms with E-state index in [1.807, 2.05) is 4.90 Å². The summed E-state index contributed by atoms with van der Waals surface area (Å²) in [5.41, 5.74) is -0.247. The van der Waals surface area contributed by atoms with E-state index in [4.69, 9.17) is 4.74 Å². The Kier molecular flexibility index (Phi) is 3.73. The van der Waals surface area contributed by atoms with E-state index in [0.717, 1.165) is 19.3 Å². The van der Waals surface area contributed by atoms with Crippen molar-refractivity contribution in [1.29, 1.82) is 0 Å². The van der Waals surface area contributed by atoms with Gasteiger partial charge >= 0.3 is 0 Å². The van der Waals surface area contributed by atoms with Gasteiger partial charge in [0, 0.05) is 7.11 Å². The van der Waals surface area contributed by atoms with Gasteiger partial charge in [0.1, 0.15) is 0 Å². The molecular weight excluding hydrogens is 216 g/mol. The van der Waals surface area contributed by atoms with E-state index in [0.29, 0.717) is 12.5 Å². The largest absolute Gasteiger partial charge is 0.383 e. The van der Waals surface area contributed by atoms with Gasteiger partial charge in [-0.1, -0.05) is 19.8 Å². The zero-order valence-corrected chi connectivity index (χ0v) is 11.2. The van der Waals surface area contributed by atoms with Crippen LogP contribution in [0.25, 0.3) is 0 Å². The maximum absolute atomic E-state index is 12.6. The summed E-state index contributed by atoms with van der Waals surface area (Å²) in [6, 6.07) is 0.157. The van der Waals surface area contributed by atoms with Crippen molar-refractivity contribution >= 4 is 5.91 Å². The standard InChI is InChI=1S/C13H24N2O2/c1-4-11-14-13(7-5-6-8-13)12(16)15(11)10(2)9-17-3/h10-11,14H,4-9H2,1-3H3. The van der Waals surface area contributed by atoms with Crippen LogP contribution in [0, 0.1) is 0 Å². The number of nitrogens with zero attached hydrogens (tertiary/aromatic N) is 1. The third kappa shape index (κ3) is 2.08. The second-order valence-electron chi connectivity index (χ2n) is 5.37. The Morgan fingerprint density at radius 1 is 1.53 bits per heavy atom. The van der Waals surface area contributed by atoms with Gasteiger partial charge < -0.3 is 9.64 Å². The SMILES string of the molecule is CCC1NC2(CCCC2)C(=O)N1C(C)COC. The number of carbonyl (C=O) groups is 1. The summed E-state index contributed by atoms with van der Waals surface area (Å²) in [5.74, 6) is 0.298. The quantitative estimate of drug-likeness (QED) is 0.809. The lowest BCUT2D eigenvalue weighted by Gasteiger charge is -2.29. The minimum Gasteiger partial charge on any atom is -0.383 e. The molecule has 0 aromatic heterocycles. The first-order chi connectivity index (χ1) is 8.14. The lowest BCUT2D eigenvalue weighted by molar-refractivity contribution is -0.136. The minimum atomic E-state index is -0.247. The maximum Gasteiger partial charge on any atom is 0.244 e. The Bertz CT molecular complexity index is 287. The summed E-state index contributed by atoms with van der Waals surface area (Å²) in [7, 11) is 1.69. The number of amides is 1. The predicted molar refractivity (Wildman–Crippen MR) is 66.6 cm³/mol. The summed E-state index contributed by atoms with van der Waals surface area (Å²) in [4.78, 5) is 14.6. The van der Waals surface area contributed by atoms with Crippen molar-refractivity contribution in [1.82, 2.24) is 10.2 Å². The molecule has 98 valence electrons. The molecule has 4 nitrogen and oxygen atoms in total. The molecule has 0 aromatic carbocycles. The zero-order chi connectivity index (χ0) is 12.5. The summed E-state index contributed by atoms with van der Waals surface area (Å²) in [6.45, 7) is 4.81. The molecule has 1 aliphatic heterocycles. The van der Waals surface area contributed by atoms with Crippen LogP contribution in [0.1, 0.15) is 46.0 Å². The van der Waals surface area contributed by atoms with Gasteiger partial charge in [-0.2, -0.15) is 0 Å². The molecule has 1 saturated carbocycles. The Hall–Kier alpha value is -0.610. The van der Waals surface area contributed by atoms with E-state index in [2.05, 4.69) is 19.2 Å². The van der Waals surface area contributed by atoms with Crippen LogP contribution >= 0.6 is 0 Å². The highest BCUT2D eigenvalue weighted by molar-refractivity contribution is 5.89. The number of hydrogen-bond donors (Lipinski definition) is 1. The summed E-state index contributed by atoms with van der Waals surface area (Å²) in [6.07, 6.45) is 5.48. The first-order valence-corrected chi connectivity index (χ1v) is 6.74. The topological polar surface area (TPSA) is 41.6 Å². The zero-order valence-electron chi connectivity index (χ0n) is 11.2. The average Bonchev–Trinajstić information content (AvgIpc) is 2.87. The Balaban J connectivity index is 2.16. The van der Waals surface area contributed by atoms with Gasteiger partial charge in [-0.05, 0) is 26.2 Å². The number of nitrogens with one attached hydrogen (secondary N) is 1. The molecular formula is C13H24N2O2. The van der Waals surface area contributed by atoms with E-state index in [-0.39, 0.29) is 17.7 Å². The molecule has 2 aliphatic rings. The van der Waals surface area contributed by atoms with Crippen molar-refractivity contribution in [2.24, 2.45) is 0 Å². The molecule has 1 saturated heterocycles. The lowest BCUT2D eigenvalue weighted by Crippen LogP contribution is -2.46. The van der Waals surface area contributed by atoms with E-state index in [1.54, 1.807) is 7.11 Å². The van der Waals surface area contributed by atoms with Gasteiger partial charge in [0.15, 0.2) is 0 Å². The van der Waals surface area contributed by atoms with Gasteiger partial charge in [-0.25, -0.2) is 0 Å². The highest BCUT2D eigenvalue weighted by Gasteiger charge is 2.52. The molecule has 2 unspecified atom stereocenters. The number of rotatable bonds is 4. The number of carbonyl (C=O) groups excluding carboxylic acids is 1. The second-order valence-corrected chi connectivity index (χ2v) is 5.37. The van der Waals surface area contributed by atoms with E-state index in [1.165, 1.54) is 12.8 Å². The molecule has 1 amide bonds. The summed E-state index contributed by atoms with van der Waals surface area (Å²) in [5, 5.41) is 3.58. The third-order valence-electron chi connectivity index (χ3n) is 4.15. The minimum absolute atomic E-state index is 0.157. The Morgan fingerprint density at radius 2 is 2.18 bits per heavy atom. The molecule has 0 bridgehead atoms. The van der Waals surface area contributed by atoms with Crippen molar-refractivity contribution in [2.45, 2.75) is 63.7 Å². The highest BCUT2D eigenvalue weighted by atomic mass is 16.5. The predicted octanol–water partition coefficient (Wildman–Crippen LogP) is 1.50. The van der Waals surface area contributed by atoms with Gasteiger partial charge in [-0.15, -0.1) is 0 Å². The summed E-state index contributed by atoms with van der Waals surface area (Å²) >= 11 is 0. The van der Waals surface area contributed by atoms with Crippen molar-refractivity contribution in [2.75, 3.05) is 13.7 Å². The van der Waals surface area contributed by atoms with Gasteiger partial charge in [0.2, 0.25) is 5.91 Å². The molecule has 4 heteroatoms. The molecule has 1 aliphatic carbocycles. The van der Waals surface area contributed by atoms with Gasteiger partial charge in [0.05, 0.1) is 24.4 Å². The second kappa shape index (κ2) is 4.94. The Labute approximate surface area is 104 Å². The number of hydrogen-bond acceptors (Lipinski definition) is 3. The molecule has 2 atom stereocenters. The van der Waals surface area contributed by atoms with Crippen LogP contribution in [0.5, 0.6) is 0 Å². The van der Waals surface area contributed by atoms with Crippen LogP contribution < -0.4 is 5.32 Å². The fourth-order valence-corrected chi connectivity index (χ4v) is 3.30. The van der Waals surface area contributed by atoms with Crippen LogP contribution in [0.4, 0.5) is 0 Å². The fourth-order valence-electron chi connectivity index (χ4n) is 3.30. The molecule has 1 heterocycles. The molecule has 2 fully saturated rings. The Morgan fingerprint density at radius 3 is 2.71 bits per heavy atom. The maximum atomic E-state index is 12.6. The van der Waals surface area contributed by atoms with E-state index < -0.39 is 0 Å². The van der Waals surface area contributed by atoms with Crippen LogP contribution in [0.3, 0.4) is 0 Å². The lowest BCUT2D eigenvalue weighted by atomic mass is 9.98. The van der Waals surface area contributed by atoms with Gasteiger partial charge in [0.25, 0.3) is 0 Å². The van der Waals surface area contributed by atoms with E-state index >= 15 is 0 Å². The highest BCUT2D eigenvalue weighted by Crippen LogP contribution is 2.37. The van der Waals surface area contributed by atoms with Crippen molar-refractivity contribution in [3.63, 3.8) is 0 Å². The molecule has 1 spiro atoms. The van der Waals surface area contributed by atoms with Crippen molar-refractivity contribution in [3.8, 4) is 0 Å². The van der Waals surface area contributed by atoms with Crippen molar-refractivity contribution < 1.29 is 9.53 Å². The van der Waals surface area contributed by atoms with Gasteiger partial charge in [-0.3, -0.25) is 10.1 Å². The van der Waals surface area contributed by atoms with Crippen LogP contribution in [-0.2, 0) is 9.53 Å². The molecule has 1 N–H and O–H groups in total. The van der Waals surface area contributed by atoms with E-state index in [9.17, 15) is 4.79 Å². The normalized spacial score (nSPS) is 29.2. The van der Waals surface area contributed by atoms with Crippen LogP contribution in [0.2, 0.25) is 0 Å². The first-order valence-electron chi connectivity index (χ1n) is 6.74. The molecule has 2 rings (SSSR count). The average molecular weight is 240 g/mol. The molecule has 0 aromatic rings. The first kappa shape index (κ1) is 12.8.